The van der Waals surface area contributed by atoms with Crippen molar-refractivity contribution < 1.29 is 91.0 Å². The Kier molecular flexibility index (Phi) is 17.4. The number of rotatable bonds is 22. The molecule has 0 aliphatic rings. The van der Waals surface area contributed by atoms with Crippen LogP contribution in [-0.4, -0.2) is 108 Å². The average Bonchev–Trinajstić information content (AvgIpc) is 3.06. The summed E-state index contributed by atoms with van der Waals surface area (Å²) in [5.41, 5.74) is -1.17. The summed E-state index contributed by atoms with van der Waals surface area (Å²) in [5, 5.41) is 62.5. The van der Waals surface area contributed by atoms with E-state index < -0.39 is 85.9 Å². The predicted octanol–water partition coefficient (Wildman–Crippen LogP) is 10.4. The van der Waals surface area contributed by atoms with E-state index in [1.165, 1.54) is 80.8 Å². The second-order valence-corrected chi connectivity index (χ2v) is 23.4. The van der Waals surface area contributed by atoms with E-state index in [4.69, 9.17) is 18.0 Å². The van der Waals surface area contributed by atoms with Crippen molar-refractivity contribution in [2.45, 2.75) is 35.0 Å². The number of H-pyrrole nitrogens is 2. The topological polar surface area (TPSA) is 465 Å². The number of aromatic carboxylic acids is 1. The Hall–Kier alpha value is -8.92. The van der Waals surface area contributed by atoms with Crippen molar-refractivity contribution in [2.75, 3.05) is 19.5 Å². The number of ether oxygens (including phenoxy) is 2. The fraction of sp³-hybridized carbons (Fsp3) is 0.122. The summed E-state index contributed by atoms with van der Waals surface area (Å²) in [7, 11) is -12.9. The summed E-state index contributed by atoms with van der Waals surface area (Å²) in [6, 6.07) is 21.9. The second kappa shape index (κ2) is 24.4. The Balaban J connectivity index is 1.04. The van der Waals surface area contributed by atoms with Gasteiger partial charge in [0.1, 0.15) is 55.6 Å². The van der Waals surface area contributed by atoms with Crippen LogP contribution in [0.5, 0.6) is 23.0 Å². The van der Waals surface area contributed by atoms with Gasteiger partial charge in [-0.1, -0.05) is 17.2 Å². The zero-order valence-electron chi connectivity index (χ0n) is 43.3. The first kappa shape index (κ1) is 60.7. The Labute approximate surface area is 484 Å². The van der Waals surface area contributed by atoms with Crippen molar-refractivity contribution in [3.63, 3.8) is 0 Å². The number of phenolic OH excluding ortho intramolecular Hbond substituents is 1. The molecular weight excluding hydrogens is 1220 g/mol. The molecule has 442 valence electrons. The Morgan fingerprint density at radius 1 is 0.741 bits per heavy atom. The van der Waals surface area contributed by atoms with Gasteiger partial charge in [-0.25, -0.2) is 19.7 Å². The van der Waals surface area contributed by atoms with Crippen LogP contribution in [0.25, 0.3) is 49.7 Å². The van der Waals surface area contributed by atoms with E-state index in [1.54, 1.807) is 25.1 Å². The fourth-order valence-corrected chi connectivity index (χ4v) is 11.4. The maximum Gasteiger partial charge on any atom is 0.357 e. The van der Waals surface area contributed by atoms with Crippen molar-refractivity contribution >= 4 is 126 Å². The lowest BCUT2D eigenvalue weighted by Gasteiger charge is -2.12. The SMILES string of the molecule is COc1cc(S(=O)(=O)O)c(C)cc1N=Nc1c(C(=O)O)[nH]n(-c2ccc(-c3nc4ccc5c(O)c(N=Nc6cc(C)c(N=Nc7ccc8c(OS(=O)O)cccc8c7S(=O)(=O)O)cc6OCCCS(=O)(=O)O)c(SOOO)cc5c4[nH]3)cc2)c1=O. The molecule has 31 nitrogen and oxygen atoms in total. The number of aromatic amines is 2. The van der Waals surface area contributed by atoms with Gasteiger partial charge in [0, 0.05) is 39.2 Å². The van der Waals surface area contributed by atoms with Crippen LogP contribution < -0.4 is 19.2 Å². The molecule has 1 atom stereocenters. The molecule has 7 aromatic carbocycles. The molecule has 0 saturated heterocycles. The van der Waals surface area contributed by atoms with Crippen molar-refractivity contribution in [3.8, 4) is 40.1 Å². The Morgan fingerprint density at radius 3 is 2.07 bits per heavy atom. The zero-order valence-corrected chi connectivity index (χ0v) is 47.4. The zero-order chi connectivity index (χ0) is 61.3. The molecule has 9 rings (SSSR count). The minimum absolute atomic E-state index is 0.00206. The van der Waals surface area contributed by atoms with Gasteiger partial charge in [0.2, 0.25) is 0 Å². The number of imidazole rings is 1. The number of phenols is 1. The minimum Gasteiger partial charge on any atom is -0.505 e. The molecule has 1 unspecified atom stereocenters. The summed E-state index contributed by atoms with van der Waals surface area (Å²) in [4.78, 5) is 32.7. The number of methoxy groups -OCH3 is 1. The molecule has 9 N–H and O–H groups in total. The number of benzene rings is 7. The summed E-state index contributed by atoms with van der Waals surface area (Å²) >= 11 is -2.38. The molecule has 2 aromatic heterocycles. The standard InChI is InChI=1S/C49H40N10O21S5/c1-23-18-35(38(77-16-5-17-83(67,68)69)21-33(23)53-52-32-15-12-27-29(46(32)85(73,74)75)6-4-7-36(27)78-82(65)66)55-56-42-39(81-80-79-64)20-30-28(45(42)60)13-14-31-41(30)51-47(50-31)25-8-10-26(11-9-25)59-48(61)43(44(58-59)49(62)63)57-54-34-19-24(2)40(84(70,71)72)22-37(34)76-3/h4,6-15,18-22,58,60,64H,5,16-17H2,1-3H3,(H,50,51)(H,62,63)(H,65,66)(H,67,68,69)(H,70,71,72)(H,73,74,75). The first-order valence-corrected chi connectivity index (χ1v) is 30.0. The normalized spacial score (nSPS) is 12.8. The maximum atomic E-state index is 13.7. The molecule has 0 amide bonds. The number of fused-ring (bicyclic) bond motifs is 4. The third kappa shape index (κ3) is 13.2. The van der Waals surface area contributed by atoms with Crippen LogP contribution in [0.1, 0.15) is 28.0 Å². The van der Waals surface area contributed by atoms with Gasteiger partial charge in [0.15, 0.2) is 17.1 Å². The van der Waals surface area contributed by atoms with Gasteiger partial charge in [-0.2, -0.15) is 34.6 Å². The highest BCUT2D eigenvalue weighted by Gasteiger charge is 2.26. The van der Waals surface area contributed by atoms with Crippen LogP contribution in [0.2, 0.25) is 0 Å². The molecule has 2 heterocycles. The molecule has 0 saturated carbocycles. The van der Waals surface area contributed by atoms with Crippen molar-refractivity contribution in [1.82, 2.24) is 19.7 Å². The van der Waals surface area contributed by atoms with Gasteiger partial charge in [0.25, 0.3) is 35.9 Å². The number of carbonyl (C=O) groups is 1. The molecule has 36 heteroatoms. The third-order valence-corrected chi connectivity index (χ3v) is 16.0. The first-order chi connectivity index (χ1) is 40.2. The smallest absolute Gasteiger partial charge is 0.357 e. The number of carboxylic acids is 1. The van der Waals surface area contributed by atoms with E-state index in [-0.39, 0.29) is 96.8 Å². The van der Waals surface area contributed by atoms with Gasteiger partial charge in [0.05, 0.1) is 58.8 Å². The van der Waals surface area contributed by atoms with Gasteiger partial charge >= 0.3 is 17.3 Å². The lowest BCUT2D eigenvalue weighted by atomic mass is 10.1. The molecule has 0 aliphatic heterocycles. The molecule has 0 radical (unpaired) electrons. The number of aryl methyl sites for hydroxylation is 2. The van der Waals surface area contributed by atoms with Crippen LogP contribution in [0.4, 0.5) is 34.1 Å². The monoisotopic (exact) mass is 1260 g/mol. The molecule has 85 heavy (non-hydrogen) atoms. The highest BCUT2D eigenvalue weighted by Crippen LogP contribution is 2.47. The number of aromatic nitrogens is 4. The Bertz CT molecular complexity index is 4720. The first-order valence-electron chi connectivity index (χ1n) is 23.7. The number of carboxylic acid groups (broad SMARTS) is 1. The van der Waals surface area contributed by atoms with E-state index in [0.717, 1.165) is 16.8 Å². The molecule has 0 bridgehead atoms. The maximum absolute atomic E-state index is 13.7. The molecule has 0 spiro atoms. The van der Waals surface area contributed by atoms with Gasteiger partial charge in [-0.05, 0) is 104 Å². The number of hydrogen-bond acceptors (Lipinski definition) is 24. The van der Waals surface area contributed by atoms with Crippen LogP contribution >= 0.6 is 12.0 Å². The van der Waals surface area contributed by atoms with E-state index in [0.29, 0.717) is 39.6 Å². The number of azo groups is 3. The molecule has 9 aromatic rings. The number of nitrogens with zero attached hydrogens (tertiary/aromatic N) is 8. The average molecular weight is 1270 g/mol. The van der Waals surface area contributed by atoms with Crippen LogP contribution in [0, 0.1) is 13.8 Å². The second-order valence-electron chi connectivity index (χ2n) is 17.8. The summed E-state index contributed by atoms with van der Waals surface area (Å²) in [6.07, 6.45) is -0.216. The third-order valence-electron chi connectivity index (χ3n) is 12.3. The van der Waals surface area contributed by atoms with Crippen molar-refractivity contribution in [3.05, 3.63) is 124 Å². The minimum atomic E-state index is -5.04. The predicted molar refractivity (Wildman–Crippen MR) is 301 cm³/mol. The highest BCUT2D eigenvalue weighted by atomic mass is 32.2. The molecular formula is C49H40N10O21S5. The van der Waals surface area contributed by atoms with Gasteiger partial charge in [-0.15, -0.1) is 29.9 Å². The van der Waals surface area contributed by atoms with E-state index in [9.17, 15) is 72.7 Å². The largest absolute Gasteiger partial charge is 0.505 e. The summed E-state index contributed by atoms with van der Waals surface area (Å²) in [6.45, 7) is 2.59. The van der Waals surface area contributed by atoms with Gasteiger partial charge in [-0.3, -0.25) is 28.1 Å². The number of hydrogen-bond donors (Lipinski definition) is 9. The van der Waals surface area contributed by atoms with E-state index in [1.807, 2.05) is 0 Å². The lowest BCUT2D eigenvalue weighted by Crippen LogP contribution is -2.13. The fourth-order valence-electron chi connectivity index (χ4n) is 8.53. The van der Waals surface area contributed by atoms with Crippen molar-refractivity contribution in [2.24, 2.45) is 30.7 Å². The van der Waals surface area contributed by atoms with Crippen LogP contribution in [-0.2, 0) is 51.1 Å². The highest BCUT2D eigenvalue weighted by molar-refractivity contribution is 7.94. The number of aromatic hydroxyl groups is 1. The Morgan fingerprint density at radius 2 is 1.41 bits per heavy atom. The summed E-state index contributed by atoms with van der Waals surface area (Å²) in [5.74, 6) is -2.90. The van der Waals surface area contributed by atoms with E-state index >= 15 is 0 Å². The lowest BCUT2D eigenvalue weighted by molar-refractivity contribution is -0.432. The van der Waals surface area contributed by atoms with Crippen LogP contribution in [0.15, 0.2) is 147 Å². The van der Waals surface area contributed by atoms with Gasteiger partial charge < -0.3 is 28.9 Å². The molecule has 0 aliphatic carbocycles. The summed E-state index contributed by atoms with van der Waals surface area (Å²) < 4.78 is 144. The van der Waals surface area contributed by atoms with Crippen LogP contribution in [0.3, 0.4) is 0 Å². The van der Waals surface area contributed by atoms with E-state index in [2.05, 4.69) is 50.8 Å². The quantitative estimate of drug-likeness (QED) is 0.00579. The number of nitrogens with one attached hydrogen (secondary N) is 2. The van der Waals surface area contributed by atoms with Crippen molar-refractivity contribution in [1.29, 1.82) is 0 Å². The molecule has 0 fully saturated rings.